The molecule has 0 unspecified atom stereocenters. The van der Waals surface area contributed by atoms with E-state index in [0.717, 1.165) is 0 Å². The van der Waals surface area contributed by atoms with Gasteiger partial charge in [-0.1, -0.05) is 0 Å². The largest absolute Gasteiger partial charge is 0.476 e. The van der Waals surface area contributed by atoms with E-state index in [4.69, 9.17) is 9.66 Å². The summed E-state index contributed by atoms with van der Waals surface area (Å²) in [5, 5.41) is 7.95. The van der Waals surface area contributed by atoms with Crippen LogP contribution in [0.5, 0.6) is 0 Å². The summed E-state index contributed by atoms with van der Waals surface area (Å²) >= 11 is 0. The molecule has 0 aliphatic carbocycles. The Morgan fingerprint density at radius 2 is 1.73 bits per heavy atom. The standard InChI is InChI=1S/C4H6O6S/c5-3(4(6)7)1-2-11(8,9)10/h1-2H2,(H,6,7)(H,8,9,10). The van der Waals surface area contributed by atoms with Gasteiger partial charge in [0.1, 0.15) is 0 Å². The Kier molecular flexibility index (Phi) is 3.15. The van der Waals surface area contributed by atoms with Gasteiger partial charge in [0.05, 0.1) is 5.75 Å². The molecule has 0 aromatic carbocycles. The fraction of sp³-hybridized carbons (Fsp3) is 0.500. The maximum atomic E-state index is 10.2. The second-order valence-electron chi connectivity index (χ2n) is 1.76. The van der Waals surface area contributed by atoms with Gasteiger partial charge in [-0.05, 0) is 0 Å². The molecule has 0 atom stereocenters. The summed E-state index contributed by atoms with van der Waals surface area (Å²) in [5.41, 5.74) is 0. The van der Waals surface area contributed by atoms with Crippen LogP contribution in [0, 0.1) is 0 Å². The average Bonchev–Trinajstić information content (AvgIpc) is 1.80. The van der Waals surface area contributed by atoms with E-state index in [9.17, 15) is 18.0 Å². The van der Waals surface area contributed by atoms with Gasteiger partial charge in [0.2, 0.25) is 5.78 Å². The highest BCUT2D eigenvalue weighted by Gasteiger charge is 2.14. The number of ketones is 1. The molecule has 0 amide bonds. The van der Waals surface area contributed by atoms with Gasteiger partial charge in [0.25, 0.3) is 10.1 Å². The van der Waals surface area contributed by atoms with Crippen LogP contribution in [0.2, 0.25) is 0 Å². The van der Waals surface area contributed by atoms with Crippen molar-refractivity contribution in [2.45, 2.75) is 6.42 Å². The molecule has 0 saturated carbocycles. The summed E-state index contributed by atoms with van der Waals surface area (Å²) in [6.07, 6.45) is -0.700. The van der Waals surface area contributed by atoms with Crippen molar-refractivity contribution in [2.75, 3.05) is 5.75 Å². The van der Waals surface area contributed by atoms with Crippen molar-refractivity contribution in [3.8, 4) is 0 Å². The van der Waals surface area contributed by atoms with Crippen LogP contribution in [-0.2, 0) is 19.7 Å². The van der Waals surface area contributed by atoms with Crippen LogP contribution < -0.4 is 0 Å². The Balaban J connectivity index is 3.92. The van der Waals surface area contributed by atoms with Gasteiger partial charge in [-0.25, -0.2) is 4.79 Å². The molecule has 6 nitrogen and oxygen atoms in total. The molecule has 0 fully saturated rings. The Hall–Kier alpha value is -0.950. The molecule has 64 valence electrons. The molecule has 0 rings (SSSR count). The zero-order valence-corrected chi connectivity index (χ0v) is 6.17. The number of carbonyl (C=O) groups is 2. The number of Topliss-reactive ketones (excluding diaryl/α,β-unsaturated/α-hetero) is 1. The van der Waals surface area contributed by atoms with Crippen LogP contribution >= 0.6 is 0 Å². The topological polar surface area (TPSA) is 109 Å². The van der Waals surface area contributed by atoms with Gasteiger partial charge < -0.3 is 5.11 Å². The summed E-state index contributed by atoms with van der Waals surface area (Å²) in [6.45, 7) is 0. The molecule has 7 heteroatoms. The predicted octanol–water partition coefficient (Wildman–Crippen LogP) is -1.08. The SMILES string of the molecule is O=C(O)C(=O)CCS(=O)(=O)O. The lowest BCUT2D eigenvalue weighted by molar-refractivity contribution is -0.148. The molecule has 11 heavy (non-hydrogen) atoms. The minimum atomic E-state index is -4.24. The zero-order valence-electron chi connectivity index (χ0n) is 5.35. The quantitative estimate of drug-likeness (QED) is 0.422. The first kappa shape index (κ1) is 10.0. The van der Waals surface area contributed by atoms with Crippen molar-refractivity contribution < 1.29 is 27.7 Å². The van der Waals surface area contributed by atoms with Crippen LogP contribution in [0.4, 0.5) is 0 Å². The highest BCUT2D eigenvalue weighted by molar-refractivity contribution is 7.85. The van der Waals surface area contributed by atoms with Gasteiger partial charge >= 0.3 is 5.97 Å². The zero-order chi connectivity index (χ0) is 9.07. The van der Waals surface area contributed by atoms with E-state index in [1.165, 1.54) is 0 Å². The van der Waals surface area contributed by atoms with Gasteiger partial charge in [-0.3, -0.25) is 9.35 Å². The number of carboxylic acid groups (broad SMARTS) is 1. The minimum Gasteiger partial charge on any atom is -0.476 e. The van der Waals surface area contributed by atoms with Crippen LogP contribution in [0.15, 0.2) is 0 Å². The fourth-order valence-electron chi connectivity index (χ4n) is 0.329. The average molecular weight is 182 g/mol. The minimum absolute atomic E-state index is 0.700. The Labute approximate surface area is 62.6 Å². The van der Waals surface area contributed by atoms with Crippen LogP contribution in [0.1, 0.15) is 6.42 Å². The highest BCUT2D eigenvalue weighted by Crippen LogP contribution is 1.89. The molecule has 0 aromatic heterocycles. The van der Waals surface area contributed by atoms with E-state index < -0.39 is 34.0 Å². The van der Waals surface area contributed by atoms with E-state index in [1.54, 1.807) is 0 Å². The van der Waals surface area contributed by atoms with Gasteiger partial charge in [-0.2, -0.15) is 8.42 Å². The maximum absolute atomic E-state index is 10.2. The second-order valence-corrected chi connectivity index (χ2v) is 3.34. The number of carbonyl (C=O) groups excluding carboxylic acids is 1. The van der Waals surface area contributed by atoms with E-state index in [2.05, 4.69) is 0 Å². The summed E-state index contributed by atoms with van der Waals surface area (Å²) in [4.78, 5) is 20.0. The van der Waals surface area contributed by atoms with E-state index in [1.807, 2.05) is 0 Å². The Bertz CT molecular complexity index is 262. The van der Waals surface area contributed by atoms with Gasteiger partial charge in [0.15, 0.2) is 0 Å². The van der Waals surface area contributed by atoms with Gasteiger partial charge in [-0.15, -0.1) is 0 Å². The Morgan fingerprint density at radius 1 is 1.27 bits per heavy atom. The normalized spacial score (nSPS) is 11.0. The van der Waals surface area contributed by atoms with Crippen molar-refractivity contribution in [3.05, 3.63) is 0 Å². The lowest BCUT2D eigenvalue weighted by Crippen LogP contribution is -2.17. The molecule has 2 N–H and O–H groups in total. The molecule has 0 bridgehead atoms. The predicted molar refractivity (Wildman–Crippen MR) is 33.7 cm³/mol. The van der Waals surface area contributed by atoms with Gasteiger partial charge in [0, 0.05) is 6.42 Å². The molecule has 0 heterocycles. The summed E-state index contributed by atoms with van der Waals surface area (Å²) in [5.74, 6) is -3.78. The number of carboxylic acids is 1. The second kappa shape index (κ2) is 3.44. The third-order valence-electron chi connectivity index (χ3n) is 0.826. The van der Waals surface area contributed by atoms with Crippen molar-refractivity contribution in [3.63, 3.8) is 0 Å². The number of rotatable bonds is 4. The van der Waals surface area contributed by atoms with Crippen LogP contribution in [-0.4, -0.2) is 35.6 Å². The molecular weight excluding hydrogens is 176 g/mol. The van der Waals surface area contributed by atoms with E-state index in [0.29, 0.717) is 0 Å². The summed E-state index contributed by atoms with van der Waals surface area (Å²) in [6, 6.07) is 0. The summed E-state index contributed by atoms with van der Waals surface area (Å²) in [7, 11) is -4.24. The monoisotopic (exact) mass is 182 g/mol. The van der Waals surface area contributed by atoms with E-state index in [-0.39, 0.29) is 0 Å². The lowest BCUT2D eigenvalue weighted by Gasteiger charge is -1.91. The molecular formula is C4H6O6S. The fourth-order valence-corrected chi connectivity index (χ4v) is 0.772. The maximum Gasteiger partial charge on any atom is 0.372 e. The van der Waals surface area contributed by atoms with Crippen molar-refractivity contribution in [1.82, 2.24) is 0 Å². The first-order valence-electron chi connectivity index (χ1n) is 2.54. The molecule has 0 radical (unpaired) electrons. The third-order valence-corrected chi connectivity index (χ3v) is 1.55. The molecule has 0 aliphatic rings. The molecule has 0 saturated heterocycles. The third kappa shape index (κ3) is 5.49. The number of hydrogen-bond acceptors (Lipinski definition) is 4. The van der Waals surface area contributed by atoms with E-state index >= 15 is 0 Å². The van der Waals surface area contributed by atoms with Crippen molar-refractivity contribution >= 4 is 21.9 Å². The first-order valence-corrected chi connectivity index (χ1v) is 4.15. The van der Waals surface area contributed by atoms with Crippen molar-refractivity contribution in [2.24, 2.45) is 0 Å². The molecule has 0 aliphatic heterocycles. The summed E-state index contributed by atoms with van der Waals surface area (Å²) < 4.78 is 28.0. The molecule has 0 spiro atoms. The lowest BCUT2D eigenvalue weighted by atomic mass is 10.3. The highest BCUT2D eigenvalue weighted by atomic mass is 32.2. The number of aliphatic carboxylic acids is 1. The first-order chi connectivity index (χ1) is 4.83. The Morgan fingerprint density at radius 3 is 2.00 bits per heavy atom. The van der Waals surface area contributed by atoms with Crippen LogP contribution in [0.3, 0.4) is 0 Å². The number of hydrogen-bond donors (Lipinski definition) is 2. The van der Waals surface area contributed by atoms with Crippen molar-refractivity contribution in [1.29, 1.82) is 0 Å². The molecule has 0 aromatic rings. The smallest absolute Gasteiger partial charge is 0.372 e. The van der Waals surface area contributed by atoms with Crippen LogP contribution in [0.25, 0.3) is 0 Å².